The molecule has 1 N–H and O–H groups in total. The van der Waals surface area contributed by atoms with Crippen molar-refractivity contribution in [2.75, 3.05) is 19.5 Å². The van der Waals surface area contributed by atoms with Crippen molar-refractivity contribution < 1.29 is 14.3 Å². The number of nitrogens with one attached hydrogen (secondary N) is 1. The van der Waals surface area contributed by atoms with Crippen molar-refractivity contribution >= 4 is 23.4 Å². The van der Waals surface area contributed by atoms with Gasteiger partial charge in [0.25, 0.3) is 0 Å². The van der Waals surface area contributed by atoms with E-state index >= 15 is 0 Å². The molecule has 2 amide bonds. The summed E-state index contributed by atoms with van der Waals surface area (Å²) >= 11 is 6.01. The van der Waals surface area contributed by atoms with E-state index in [9.17, 15) is 9.59 Å². The number of alkyl halides is 1. The lowest BCUT2D eigenvalue weighted by molar-refractivity contribution is -0.139. The summed E-state index contributed by atoms with van der Waals surface area (Å²) in [7, 11) is 1.62. The number of carbonyl (C=O) groups is 2. The van der Waals surface area contributed by atoms with E-state index in [2.05, 4.69) is 11.4 Å². The average molecular weight is 461 g/mol. The fourth-order valence-electron chi connectivity index (χ4n) is 4.83. The van der Waals surface area contributed by atoms with E-state index in [1.165, 1.54) is 31.3 Å². The molecule has 0 unspecified atom stereocenters. The molecule has 6 heteroatoms. The normalized spacial score (nSPS) is 18.2. The van der Waals surface area contributed by atoms with Gasteiger partial charge in [0.05, 0.1) is 7.11 Å². The Morgan fingerprint density at radius 2 is 1.81 bits per heavy atom. The second kappa shape index (κ2) is 12.9. The van der Waals surface area contributed by atoms with Gasteiger partial charge in [0.2, 0.25) is 11.8 Å². The number of hydrogen-bond donors (Lipinski definition) is 1. The lowest BCUT2D eigenvalue weighted by Gasteiger charge is -2.33. The first kappa shape index (κ1) is 24.6. The summed E-state index contributed by atoms with van der Waals surface area (Å²) in [6.45, 7) is 0.492. The highest BCUT2D eigenvalue weighted by atomic mass is 35.5. The van der Waals surface area contributed by atoms with Crippen molar-refractivity contribution in [3.8, 4) is 5.75 Å². The van der Waals surface area contributed by atoms with Gasteiger partial charge < -0.3 is 15.0 Å². The van der Waals surface area contributed by atoms with Gasteiger partial charge in [-0.05, 0) is 62.6 Å². The van der Waals surface area contributed by atoms with Crippen molar-refractivity contribution in [2.45, 2.75) is 82.7 Å². The van der Waals surface area contributed by atoms with E-state index in [0.29, 0.717) is 6.54 Å². The highest BCUT2D eigenvalue weighted by molar-refractivity contribution is 6.27. The predicted octanol–water partition coefficient (Wildman–Crippen LogP) is 5.53. The van der Waals surface area contributed by atoms with E-state index in [1.807, 2.05) is 24.3 Å². The highest BCUT2D eigenvalue weighted by Crippen LogP contribution is 2.28. The third kappa shape index (κ3) is 6.99. The Morgan fingerprint density at radius 1 is 1.09 bits per heavy atom. The topological polar surface area (TPSA) is 58.6 Å². The van der Waals surface area contributed by atoms with Crippen LogP contribution in [0.4, 0.5) is 0 Å². The number of benzene rings is 1. The maximum absolute atomic E-state index is 13.6. The zero-order valence-corrected chi connectivity index (χ0v) is 20.0. The molecule has 0 heterocycles. The maximum atomic E-state index is 13.6. The van der Waals surface area contributed by atoms with Crippen molar-refractivity contribution in [1.82, 2.24) is 10.2 Å². The number of rotatable bonds is 9. The van der Waals surface area contributed by atoms with Gasteiger partial charge >= 0.3 is 0 Å². The number of nitrogens with zero attached hydrogens (tertiary/aromatic N) is 1. The minimum Gasteiger partial charge on any atom is -0.497 e. The van der Waals surface area contributed by atoms with Crippen LogP contribution < -0.4 is 10.1 Å². The smallest absolute Gasteiger partial charge is 0.247 e. The van der Waals surface area contributed by atoms with E-state index < -0.39 is 6.04 Å². The third-order valence-electron chi connectivity index (χ3n) is 6.69. The van der Waals surface area contributed by atoms with Crippen molar-refractivity contribution in [2.24, 2.45) is 0 Å². The minimum absolute atomic E-state index is 0.113. The summed E-state index contributed by atoms with van der Waals surface area (Å²) in [6, 6.07) is 6.91. The van der Waals surface area contributed by atoms with E-state index in [-0.39, 0.29) is 23.7 Å². The van der Waals surface area contributed by atoms with Gasteiger partial charge in [0.15, 0.2) is 0 Å². The molecule has 0 saturated heterocycles. The Labute approximate surface area is 197 Å². The van der Waals surface area contributed by atoms with Gasteiger partial charge in [-0.25, -0.2) is 0 Å². The molecule has 1 saturated carbocycles. The van der Waals surface area contributed by atoms with Crippen molar-refractivity contribution in [3.63, 3.8) is 0 Å². The summed E-state index contributed by atoms with van der Waals surface area (Å²) in [5, 5.41) is 3.26. The third-order valence-corrected chi connectivity index (χ3v) is 6.92. The summed E-state index contributed by atoms with van der Waals surface area (Å²) in [5.41, 5.74) is 2.16. The second-order valence-electron chi connectivity index (χ2n) is 8.95. The number of ether oxygens (including phenoxy) is 1. The fourth-order valence-corrected chi connectivity index (χ4v) is 4.99. The monoisotopic (exact) mass is 460 g/mol. The van der Waals surface area contributed by atoms with Crippen LogP contribution in [0.25, 0.3) is 0 Å². The van der Waals surface area contributed by atoms with Crippen molar-refractivity contribution in [3.05, 3.63) is 41.5 Å². The summed E-state index contributed by atoms with van der Waals surface area (Å²) in [5.74, 6) is 0.264. The van der Waals surface area contributed by atoms with E-state index in [1.54, 1.807) is 12.0 Å². The van der Waals surface area contributed by atoms with Crippen LogP contribution >= 0.6 is 11.6 Å². The Bertz CT molecular complexity index is 770. The van der Waals surface area contributed by atoms with Gasteiger partial charge in [-0.15, -0.1) is 11.6 Å². The molecule has 1 fully saturated rings. The molecule has 0 spiro atoms. The first-order valence-electron chi connectivity index (χ1n) is 12.1. The molecule has 0 radical (unpaired) electrons. The molecule has 0 aliphatic heterocycles. The van der Waals surface area contributed by atoms with Crippen LogP contribution in [-0.4, -0.2) is 42.3 Å². The first-order chi connectivity index (χ1) is 15.6. The van der Waals surface area contributed by atoms with Crippen LogP contribution in [0.15, 0.2) is 35.9 Å². The largest absolute Gasteiger partial charge is 0.497 e. The molecule has 5 nitrogen and oxygen atoms in total. The predicted molar refractivity (Wildman–Crippen MR) is 129 cm³/mol. The second-order valence-corrected chi connectivity index (χ2v) is 9.22. The van der Waals surface area contributed by atoms with Gasteiger partial charge in [-0.1, -0.05) is 49.5 Å². The molecule has 2 aliphatic rings. The molecule has 3 rings (SSSR count). The number of hydrogen-bond acceptors (Lipinski definition) is 3. The van der Waals surface area contributed by atoms with Crippen LogP contribution in [0.5, 0.6) is 5.75 Å². The average Bonchev–Trinajstić information content (AvgIpc) is 3.10. The number of methoxy groups -OCH3 is 1. The van der Waals surface area contributed by atoms with Crippen LogP contribution in [0.2, 0.25) is 0 Å². The molecule has 0 aromatic heterocycles. The number of carbonyl (C=O) groups excluding carboxylic acids is 2. The fraction of sp³-hybridized carbons (Fsp3) is 0.615. The molecular weight excluding hydrogens is 424 g/mol. The van der Waals surface area contributed by atoms with Gasteiger partial charge in [0, 0.05) is 12.6 Å². The Hall–Kier alpha value is -2.01. The Morgan fingerprint density at radius 3 is 2.41 bits per heavy atom. The minimum atomic E-state index is -0.695. The quantitative estimate of drug-likeness (QED) is 0.299. The lowest BCUT2D eigenvalue weighted by atomic mass is 9.96. The van der Waals surface area contributed by atoms with Gasteiger partial charge in [-0.2, -0.15) is 0 Å². The van der Waals surface area contributed by atoms with Crippen LogP contribution in [0, 0.1) is 0 Å². The molecule has 32 heavy (non-hydrogen) atoms. The SMILES string of the molecule is COc1ccc([C@H](C(=O)NC2CCCCCC2)N(CCC2=CCCCC2)C(=O)CCl)cc1. The standard InChI is InChI=1S/C26H37ClN2O3/c1-32-23-15-13-21(14-16-23)25(26(31)28-22-11-7-2-3-8-12-22)29(24(30)19-27)18-17-20-9-5-4-6-10-20/h9,13-16,22,25H,2-8,10-12,17-19H2,1H3,(H,28,31)/t25-/m1/s1. The Balaban J connectivity index is 1.84. The zero-order chi connectivity index (χ0) is 22.8. The molecule has 1 aromatic rings. The molecular formula is C26H37ClN2O3. The van der Waals surface area contributed by atoms with Crippen LogP contribution in [0.1, 0.15) is 82.2 Å². The molecule has 1 aromatic carbocycles. The Kier molecular flexibility index (Phi) is 9.91. The number of allylic oxidation sites excluding steroid dienone is 1. The summed E-state index contributed by atoms with van der Waals surface area (Å²) in [4.78, 5) is 28.2. The van der Waals surface area contributed by atoms with Gasteiger partial charge in [0.1, 0.15) is 17.7 Å². The summed E-state index contributed by atoms with van der Waals surface area (Å²) < 4.78 is 5.29. The van der Waals surface area contributed by atoms with Crippen molar-refractivity contribution in [1.29, 1.82) is 0 Å². The number of halogens is 1. The molecule has 1 atom stereocenters. The van der Waals surface area contributed by atoms with Gasteiger partial charge in [-0.3, -0.25) is 9.59 Å². The van der Waals surface area contributed by atoms with E-state index in [4.69, 9.17) is 16.3 Å². The highest BCUT2D eigenvalue weighted by Gasteiger charge is 2.32. The van der Waals surface area contributed by atoms with Crippen LogP contribution in [-0.2, 0) is 9.59 Å². The zero-order valence-electron chi connectivity index (χ0n) is 19.3. The molecule has 2 aliphatic carbocycles. The molecule has 176 valence electrons. The van der Waals surface area contributed by atoms with E-state index in [0.717, 1.165) is 56.3 Å². The number of amides is 2. The maximum Gasteiger partial charge on any atom is 0.247 e. The lowest BCUT2D eigenvalue weighted by Crippen LogP contribution is -2.47. The van der Waals surface area contributed by atoms with Crippen LogP contribution in [0.3, 0.4) is 0 Å². The first-order valence-corrected chi connectivity index (χ1v) is 12.6. The molecule has 0 bridgehead atoms. The summed E-state index contributed by atoms with van der Waals surface area (Å²) in [6.07, 6.45) is 14.4.